The van der Waals surface area contributed by atoms with Crippen LogP contribution < -0.4 is 14.9 Å². The van der Waals surface area contributed by atoms with E-state index in [4.69, 9.17) is 18.6 Å². The van der Waals surface area contributed by atoms with Gasteiger partial charge in [-0.15, -0.1) is 0 Å². The van der Waals surface area contributed by atoms with Crippen LogP contribution in [0.25, 0.3) is 22.3 Å². The Balaban J connectivity index is 2.00. The number of fused-ring (bicyclic) bond motifs is 1. The quantitative estimate of drug-likeness (QED) is 0.404. The molecule has 2 aromatic carbocycles. The normalized spacial score (nSPS) is 10.8. The van der Waals surface area contributed by atoms with Crippen molar-refractivity contribution in [2.45, 2.75) is 0 Å². The minimum Gasteiger partial charge on any atom is -0.497 e. The van der Waals surface area contributed by atoms with Crippen molar-refractivity contribution in [3.8, 4) is 22.8 Å². The first kappa shape index (κ1) is 18.5. The highest BCUT2D eigenvalue weighted by atomic mass is 79.9. The Hall–Kier alpha value is -2.31. The predicted octanol–water partition coefficient (Wildman–Crippen LogP) is 4.26. The summed E-state index contributed by atoms with van der Waals surface area (Å²) in [6.45, 7) is 1.24. The smallest absolute Gasteiger partial charge is 0.235 e. The molecule has 6 heteroatoms. The van der Waals surface area contributed by atoms with Gasteiger partial charge < -0.3 is 18.6 Å². The number of para-hydroxylation sites is 1. The standard InChI is InChI=1S/C20H19BrO5/c1-23-15-8-6-14(7-9-15)19-20(25-13-12-24-11-10-21)18(22)16-4-2-3-5-17(16)26-19/h2-9H,10-13H2,1H3. The largest absolute Gasteiger partial charge is 0.497 e. The molecule has 0 saturated heterocycles. The lowest BCUT2D eigenvalue weighted by molar-refractivity contribution is 0.111. The molecule has 136 valence electrons. The minimum absolute atomic E-state index is 0.191. The van der Waals surface area contributed by atoms with E-state index in [-0.39, 0.29) is 17.8 Å². The lowest BCUT2D eigenvalue weighted by Crippen LogP contribution is -2.14. The highest BCUT2D eigenvalue weighted by Gasteiger charge is 2.17. The Morgan fingerprint density at radius 2 is 1.77 bits per heavy atom. The number of benzene rings is 2. The number of ether oxygens (including phenoxy) is 3. The van der Waals surface area contributed by atoms with Crippen molar-refractivity contribution in [2.75, 3.05) is 32.3 Å². The van der Waals surface area contributed by atoms with E-state index in [1.807, 2.05) is 30.3 Å². The van der Waals surface area contributed by atoms with Gasteiger partial charge >= 0.3 is 0 Å². The van der Waals surface area contributed by atoms with Crippen LogP contribution in [0.1, 0.15) is 0 Å². The van der Waals surface area contributed by atoms with Gasteiger partial charge in [-0.2, -0.15) is 0 Å². The highest BCUT2D eigenvalue weighted by molar-refractivity contribution is 9.09. The van der Waals surface area contributed by atoms with Crippen LogP contribution in [-0.2, 0) is 4.74 Å². The van der Waals surface area contributed by atoms with Gasteiger partial charge in [-0.25, -0.2) is 0 Å². The third-order valence-electron chi connectivity index (χ3n) is 3.80. The lowest BCUT2D eigenvalue weighted by Gasteiger charge is -2.12. The summed E-state index contributed by atoms with van der Waals surface area (Å²) in [5.41, 5.74) is 1.06. The van der Waals surface area contributed by atoms with E-state index in [0.717, 1.165) is 16.6 Å². The molecule has 0 radical (unpaired) electrons. The van der Waals surface area contributed by atoms with Crippen molar-refractivity contribution in [1.29, 1.82) is 0 Å². The van der Waals surface area contributed by atoms with Crippen LogP contribution in [0, 0.1) is 0 Å². The van der Waals surface area contributed by atoms with Gasteiger partial charge in [0.05, 0.1) is 25.7 Å². The molecule has 26 heavy (non-hydrogen) atoms. The Morgan fingerprint density at radius 3 is 2.50 bits per heavy atom. The van der Waals surface area contributed by atoms with E-state index in [1.165, 1.54) is 0 Å². The summed E-state index contributed by atoms with van der Waals surface area (Å²) < 4.78 is 22.3. The van der Waals surface area contributed by atoms with E-state index < -0.39 is 0 Å². The van der Waals surface area contributed by atoms with Crippen LogP contribution in [0.4, 0.5) is 0 Å². The first-order valence-electron chi connectivity index (χ1n) is 8.21. The molecule has 0 fully saturated rings. The zero-order chi connectivity index (χ0) is 18.4. The van der Waals surface area contributed by atoms with Crippen molar-refractivity contribution in [3.05, 3.63) is 58.8 Å². The van der Waals surface area contributed by atoms with Crippen molar-refractivity contribution >= 4 is 26.9 Å². The van der Waals surface area contributed by atoms with E-state index in [9.17, 15) is 4.79 Å². The molecule has 0 spiro atoms. The topological polar surface area (TPSA) is 57.9 Å². The van der Waals surface area contributed by atoms with Gasteiger partial charge in [0.15, 0.2) is 5.76 Å². The molecular formula is C20H19BrO5. The Bertz CT molecular complexity index is 918. The van der Waals surface area contributed by atoms with Crippen LogP contribution >= 0.6 is 15.9 Å². The fourth-order valence-electron chi connectivity index (χ4n) is 2.55. The van der Waals surface area contributed by atoms with Gasteiger partial charge in [-0.1, -0.05) is 28.1 Å². The number of methoxy groups -OCH3 is 1. The molecule has 0 aliphatic rings. The second-order valence-corrected chi connectivity index (χ2v) is 6.26. The first-order chi connectivity index (χ1) is 12.7. The molecule has 1 aromatic heterocycles. The number of rotatable bonds is 8. The van der Waals surface area contributed by atoms with Crippen LogP contribution in [0.3, 0.4) is 0 Å². The van der Waals surface area contributed by atoms with Crippen LogP contribution in [0.15, 0.2) is 57.7 Å². The third-order valence-corrected chi connectivity index (χ3v) is 4.13. The molecular weight excluding hydrogens is 400 g/mol. The van der Waals surface area contributed by atoms with Crippen LogP contribution in [0.2, 0.25) is 0 Å². The molecule has 0 unspecified atom stereocenters. The number of halogens is 1. The van der Waals surface area contributed by atoms with Gasteiger partial charge in [0, 0.05) is 10.9 Å². The van der Waals surface area contributed by atoms with E-state index >= 15 is 0 Å². The monoisotopic (exact) mass is 418 g/mol. The molecule has 0 atom stereocenters. The lowest BCUT2D eigenvalue weighted by atomic mass is 10.1. The SMILES string of the molecule is COc1ccc(-c2oc3ccccc3c(=O)c2OCCOCCBr)cc1. The molecule has 0 aliphatic heterocycles. The molecule has 3 aromatic rings. The van der Waals surface area contributed by atoms with E-state index in [0.29, 0.717) is 29.9 Å². The van der Waals surface area contributed by atoms with E-state index in [2.05, 4.69) is 15.9 Å². The summed E-state index contributed by atoms with van der Waals surface area (Å²) in [6.07, 6.45) is 0. The molecule has 0 saturated carbocycles. The minimum atomic E-state index is -0.196. The zero-order valence-electron chi connectivity index (χ0n) is 14.4. The second-order valence-electron chi connectivity index (χ2n) is 5.46. The molecule has 1 heterocycles. The fraction of sp³-hybridized carbons (Fsp3) is 0.250. The molecule has 5 nitrogen and oxygen atoms in total. The number of alkyl halides is 1. The van der Waals surface area contributed by atoms with Gasteiger partial charge in [-0.05, 0) is 36.4 Å². The fourth-order valence-corrected chi connectivity index (χ4v) is 2.78. The van der Waals surface area contributed by atoms with Crippen LogP contribution in [-0.4, -0.2) is 32.3 Å². The molecule has 0 aliphatic carbocycles. The number of hydrogen-bond acceptors (Lipinski definition) is 5. The van der Waals surface area contributed by atoms with Crippen molar-refractivity contribution < 1.29 is 18.6 Å². The molecule has 3 rings (SSSR count). The van der Waals surface area contributed by atoms with Gasteiger partial charge in [0.1, 0.15) is 17.9 Å². The first-order valence-corrected chi connectivity index (χ1v) is 9.33. The van der Waals surface area contributed by atoms with Crippen molar-refractivity contribution in [1.82, 2.24) is 0 Å². The molecule has 0 amide bonds. The second kappa shape index (κ2) is 8.87. The maximum absolute atomic E-state index is 12.9. The highest BCUT2D eigenvalue weighted by Crippen LogP contribution is 2.31. The number of hydrogen-bond donors (Lipinski definition) is 0. The average Bonchev–Trinajstić information content (AvgIpc) is 2.69. The maximum Gasteiger partial charge on any atom is 0.235 e. The van der Waals surface area contributed by atoms with Gasteiger partial charge in [0.2, 0.25) is 11.2 Å². The Kier molecular flexibility index (Phi) is 6.30. The zero-order valence-corrected chi connectivity index (χ0v) is 16.0. The molecule has 0 N–H and O–H groups in total. The third kappa shape index (κ3) is 4.08. The summed E-state index contributed by atoms with van der Waals surface area (Å²) >= 11 is 3.30. The summed E-state index contributed by atoms with van der Waals surface area (Å²) in [6, 6.07) is 14.4. The summed E-state index contributed by atoms with van der Waals surface area (Å²) in [5.74, 6) is 1.32. The summed E-state index contributed by atoms with van der Waals surface area (Å²) in [5, 5.41) is 1.24. The van der Waals surface area contributed by atoms with Crippen molar-refractivity contribution in [2.24, 2.45) is 0 Å². The summed E-state index contributed by atoms with van der Waals surface area (Å²) in [7, 11) is 1.60. The van der Waals surface area contributed by atoms with E-state index in [1.54, 1.807) is 25.3 Å². The van der Waals surface area contributed by atoms with Crippen molar-refractivity contribution in [3.63, 3.8) is 0 Å². The Labute approximate surface area is 159 Å². The molecule has 0 bridgehead atoms. The Morgan fingerprint density at radius 1 is 1.00 bits per heavy atom. The maximum atomic E-state index is 12.9. The average molecular weight is 419 g/mol. The predicted molar refractivity (Wildman–Crippen MR) is 105 cm³/mol. The van der Waals surface area contributed by atoms with Gasteiger partial charge in [0.25, 0.3) is 0 Å². The van der Waals surface area contributed by atoms with Gasteiger partial charge in [-0.3, -0.25) is 4.79 Å². The summed E-state index contributed by atoms with van der Waals surface area (Å²) in [4.78, 5) is 12.9. The van der Waals surface area contributed by atoms with Crippen LogP contribution in [0.5, 0.6) is 11.5 Å².